The van der Waals surface area contributed by atoms with Gasteiger partial charge in [-0.05, 0) is 36.5 Å². The van der Waals surface area contributed by atoms with Gasteiger partial charge in [-0.25, -0.2) is 0 Å². The first-order valence-electron chi connectivity index (χ1n) is 6.89. The van der Waals surface area contributed by atoms with Crippen LogP contribution in [0.5, 0.6) is 0 Å². The van der Waals surface area contributed by atoms with E-state index in [2.05, 4.69) is 27.7 Å². The maximum absolute atomic E-state index is 6.40. The summed E-state index contributed by atoms with van der Waals surface area (Å²) in [7, 11) is 0. The average Bonchev–Trinajstić information content (AvgIpc) is 2.71. The van der Waals surface area contributed by atoms with Crippen LogP contribution in [0.25, 0.3) is 0 Å². The van der Waals surface area contributed by atoms with Crippen molar-refractivity contribution in [3.63, 3.8) is 0 Å². The van der Waals surface area contributed by atoms with Crippen LogP contribution in [0, 0.1) is 23.7 Å². The highest BCUT2D eigenvalue weighted by molar-refractivity contribution is 7.65. The molecule has 4 unspecified atom stereocenters. The summed E-state index contributed by atoms with van der Waals surface area (Å²) >= 11 is 19.2. The van der Waals surface area contributed by atoms with E-state index in [-0.39, 0.29) is 0 Å². The molecular formula is C13H25Cl3Si. The molecule has 0 bridgehead atoms. The maximum Gasteiger partial charge on any atom is 0.344 e. The highest BCUT2D eigenvalue weighted by atomic mass is 35.8. The molecule has 0 nitrogen and oxygen atoms in total. The summed E-state index contributed by atoms with van der Waals surface area (Å²) in [5.74, 6) is 2.66. The van der Waals surface area contributed by atoms with Crippen LogP contribution in [-0.4, -0.2) is 6.00 Å². The van der Waals surface area contributed by atoms with E-state index in [1.165, 1.54) is 25.7 Å². The van der Waals surface area contributed by atoms with Gasteiger partial charge in [0.15, 0.2) is 0 Å². The van der Waals surface area contributed by atoms with Crippen LogP contribution < -0.4 is 0 Å². The molecule has 0 aromatic rings. The van der Waals surface area contributed by atoms with Gasteiger partial charge in [-0.15, -0.1) is 33.2 Å². The molecule has 1 aliphatic carbocycles. The van der Waals surface area contributed by atoms with Gasteiger partial charge in [0.1, 0.15) is 0 Å². The van der Waals surface area contributed by atoms with E-state index in [9.17, 15) is 0 Å². The molecule has 1 fully saturated rings. The lowest BCUT2D eigenvalue weighted by Crippen LogP contribution is -2.33. The van der Waals surface area contributed by atoms with Crippen LogP contribution in [0.3, 0.4) is 0 Å². The van der Waals surface area contributed by atoms with Crippen LogP contribution in [0.15, 0.2) is 0 Å². The third-order valence-electron chi connectivity index (χ3n) is 4.88. The van der Waals surface area contributed by atoms with Gasteiger partial charge in [0.25, 0.3) is 0 Å². The molecule has 17 heavy (non-hydrogen) atoms. The number of hydrogen-bond donors (Lipinski definition) is 0. The first-order chi connectivity index (χ1) is 7.82. The normalized spacial score (nSPS) is 33.7. The molecule has 0 saturated heterocycles. The van der Waals surface area contributed by atoms with E-state index < -0.39 is 6.00 Å². The molecule has 0 aliphatic heterocycles. The van der Waals surface area contributed by atoms with Crippen molar-refractivity contribution in [2.24, 2.45) is 23.7 Å². The Morgan fingerprint density at radius 1 is 0.941 bits per heavy atom. The quantitative estimate of drug-likeness (QED) is 0.423. The lowest BCUT2D eigenvalue weighted by Gasteiger charge is -2.34. The summed E-state index contributed by atoms with van der Waals surface area (Å²) in [6, 6.07) is -2.59. The predicted octanol–water partition coefficient (Wildman–Crippen LogP) is 6.13. The Labute approximate surface area is 122 Å². The standard InChI is InChI=1S/C13H25Cl3Si/c1-5-9(3)11-7-8-12(10(4)6-2)13(11)17(14,15)16/h9-13H,5-8H2,1-4H3. The first-order valence-corrected chi connectivity index (χ1v) is 12.0. The fraction of sp³-hybridized carbons (Fsp3) is 1.00. The summed E-state index contributed by atoms with van der Waals surface area (Å²) < 4.78 is 0. The van der Waals surface area contributed by atoms with Crippen molar-refractivity contribution < 1.29 is 0 Å². The molecule has 4 atom stereocenters. The Balaban J connectivity index is 2.90. The number of hydrogen-bond acceptors (Lipinski definition) is 0. The van der Waals surface area contributed by atoms with Crippen LogP contribution in [-0.2, 0) is 0 Å². The van der Waals surface area contributed by atoms with E-state index in [0.29, 0.717) is 29.2 Å². The molecule has 0 aromatic heterocycles. The van der Waals surface area contributed by atoms with Crippen molar-refractivity contribution in [2.75, 3.05) is 0 Å². The second-order valence-corrected chi connectivity index (χ2v) is 14.6. The van der Waals surface area contributed by atoms with Crippen molar-refractivity contribution in [1.82, 2.24) is 0 Å². The molecule has 4 heteroatoms. The highest BCUT2D eigenvalue weighted by Gasteiger charge is 2.51. The van der Waals surface area contributed by atoms with Crippen LogP contribution >= 0.6 is 33.2 Å². The molecular weight excluding hydrogens is 291 g/mol. The zero-order chi connectivity index (χ0) is 13.2. The summed E-state index contributed by atoms with van der Waals surface area (Å²) in [4.78, 5) is 0. The Hall–Kier alpha value is 1.09. The molecule has 0 amide bonds. The minimum absolute atomic E-state index is 0.373. The Morgan fingerprint density at radius 3 is 1.53 bits per heavy atom. The molecule has 0 radical (unpaired) electrons. The molecule has 102 valence electrons. The van der Waals surface area contributed by atoms with E-state index in [4.69, 9.17) is 33.2 Å². The zero-order valence-corrected chi connectivity index (χ0v) is 14.6. The van der Waals surface area contributed by atoms with Gasteiger partial charge < -0.3 is 0 Å². The van der Waals surface area contributed by atoms with Gasteiger partial charge in [0.05, 0.1) is 0 Å². The van der Waals surface area contributed by atoms with Gasteiger partial charge in [0.2, 0.25) is 0 Å². The number of rotatable bonds is 5. The smallest absolute Gasteiger partial charge is 0.126 e. The van der Waals surface area contributed by atoms with Gasteiger partial charge in [0, 0.05) is 5.54 Å². The zero-order valence-electron chi connectivity index (χ0n) is 11.3. The summed E-state index contributed by atoms with van der Waals surface area (Å²) in [6.45, 7) is 9.14. The SMILES string of the molecule is CCC(C)C1CCC(C(C)CC)C1[Si](Cl)(Cl)Cl. The van der Waals surface area contributed by atoms with E-state index in [0.717, 1.165) is 0 Å². The second kappa shape index (κ2) is 6.50. The molecule has 0 heterocycles. The molecule has 0 spiro atoms. The van der Waals surface area contributed by atoms with Gasteiger partial charge >= 0.3 is 6.00 Å². The summed E-state index contributed by atoms with van der Waals surface area (Å²) in [5, 5.41) is 0. The number of halogens is 3. The summed E-state index contributed by atoms with van der Waals surface area (Å²) in [5.41, 5.74) is 0.373. The van der Waals surface area contributed by atoms with Gasteiger partial charge in [-0.1, -0.05) is 40.5 Å². The fourth-order valence-electron chi connectivity index (χ4n) is 3.43. The maximum atomic E-state index is 6.40. The minimum atomic E-state index is -2.59. The minimum Gasteiger partial charge on any atom is -0.126 e. The Kier molecular flexibility index (Phi) is 6.17. The van der Waals surface area contributed by atoms with Crippen LogP contribution in [0.4, 0.5) is 0 Å². The van der Waals surface area contributed by atoms with E-state index in [1.54, 1.807) is 0 Å². The van der Waals surface area contributed by atoms with Crippen LogP contribution in [0.2, 0.25) is 5.54 Å². The fourth-order valence-corrected chi connectivity index (χ4v) is 8.30. The van der Waals surface area contributed by atoms with Gasteiger partial charge in [-0.2, -0.15) is 0 Å². The molecule has 1 saturated carbocycles. The van der Waals surface area contributed by atoms with Crippen molar-refractivity contribution in [2.45, 2.75) is 58.9 Å². The second-order valence-electron chi connectivity index (χ2n) is 5.74. The average molecular weight is 316 g/mol. The first kappa shape index (κ1) is 16.1. The topological polar surface area (TPSA) is 0 Å². The van der Waals surface area contributed by atoms with Crippen molar-refractivity contribution >= 4 is 39.2 Å². The van der Waals surface area contributed by atoms with Crippen molar-refractivity contribution in [3.05, 3.63) is 0 Å². The lowest BCUT2D eigenvalue weighted by atomic mass is 9.85. The Morgan fingerprint density at radius 2 is 1.29 bits per heavy atom. The largest absolute Gasteiger partial charge is 0.344 e. The molecule has 0 aromatic carbocycles. The Bertz CT molecular complexity index is 221. The highest BCUT2D eigenvalue weighted by Crippen LogP contribution is 2.57. The monoisotopic (exact) mass is 314 g/mol. The lowest BCUT2D eigenvalue weighted by molar-refractivity contribution is 0.303. The van der Waals surface area contributed by atoms with Crippen LogP contribution in [0.1, 0.15) is 53.4 Å². The van der Waals surface area contributed by atoms with E-state index >= 15 is 0 Å². The molecule has 1 aliphatic rings. The third-order valence-corrected chi connectivity index (χ3v) is 8.76. The van der Waals surface area contributed by atoms with Crippen molar-refractivity contribution in [3.8, 4) is 0 Å². The molecule has 0 N–H and O–H groups in total. The van der Waals surface area contributed by atoms with Crippen molar-refractivity contribution in [1.29, 1.82) is 0 Å². The third kappa shape index (κ3) is 3.78. The molecule has 1 rings (SSSR count). The summed E-state index contributed by atoms with van der Waals surface area (Å²) in [6.07, 6.45) is 4.91. The van der Waals surface area contributed by atoms with Gasteiger partial charge in [-0.3, -0.25) is 0 Å². The predicted molar refractivity (Wildman–Crippen MR) is 82.2 cm³/mol. The van der Waals surface area contributed by atoms with E-state index in [1.807, 2.05) is 0 Å².